The van der Waals surface area contributed by atoms with Gasteiger partial charge in [0, 0.05) is 19.3 Å². The summed E-state index contributed by atoms with van der Waals surface area (Å²) >= 11 is 0. The van der Waals surface area contributed by atoms with E-state index < -0.39 is 6.10 Å². The van der Waals surface area contributed by atoms with E-state index in [0.717, 1.165) is 103 Å². The minimum Gasteiger partial charge on any atom is -0.462 e. The molecular formula is C67H116O6. The number of allylic oxidation sites excluding steroid dienone is 14. The van der Waals surface area contributed by atoms with Gasteiger partial charge in [-0.05, 0) is 116 Å². The van der Waals surface area contributed by atoms with Crippen molar-refractivity contribution >= 4 is 17.9 Å². The Labute approximate surface area is 452 Å². The fourth-order valence-electron chi connectivity index (χ4n) is 8.69. The molecule has 0 fully saturated rings. The highest BCUT2D eigenvalue weighted by Crippen LogP contribution is 2.16. The van der Waals surface area contributed by atoms with E-state index in [2.05, 4.69) is 106 Å². The van der Waals surface area contributed by atoms with Crippen LogP contribution in [0.25, 0.3) is 0 Å². The second-order valence-corrected chi connectivity index (χ2v) is 20.6. The van der Waals surface area contributed by atoms with E-state index in [9.17, 15) is 14.4 Å². The molecule has 6 nitrogen and oxygen atoms in total. The number of hydrogen-bond donors (Lipinski definition) is 0. The molecule has 0 heterocycles. The Morgan fingerprint density at radius 2 is 0.534 bits per heavy atom. The van der Waals surface area contributed by atoms with Crippen molar-refractivity contribution in [3.05, 3.63) is 85.1 Å². The second-order valence-electron chi connectivity index (χ2n) is 20.6. The van der Waals surface area contributed by atoms with Crippen LogP contribution in [0.2, 0.25) is 0 Å². The molecule has 0 aromatic heterocycles. The first-order valence-electron chi connectivity index (χ1n) is 31.1. The molecule has 420 valence electrons. The molecule has 6 heteroatoms. The molecule has 0 aliphatic rings. The topological polar surface area (TPSA) is 78.9 Å². The molecule has 1 unspecified atom stereocenters. The smallest absolute Gasteiger partial charge is 0.306 e. The molecule has 0 N–H and O–H groups in total. The number of carbonyl (C=O) groups excluding carboxylic acids is 3. The molecule has 0 radical (unpaired) electrons. The van der Waals surface area contributed by atoms with Gasteiger partial charge in [-0.2, -0.15) is 0 Å². The summed E-state index contributed by atoms with van der Waals surface area (Å²) in [4.78, 5) is 38.2. The van der Waals surface area contributed by atoms with Gasteiger partial charge >= 0.3 is 17.9 Å². The van der Waals surface area contributed by atoms with Crippen LogP contribution in [0.15, 0.2) is 85.1 Å². The highest BCUT2D eigenvalue weighted by atomic mass is 16.6. The van der Waals surface area contributed by atoms with Crippen LogP contribution < -0.4 is 0 Å². The Morgan fingerprint density at radius 3 is 0.904 bits per heavy atom. The third-order valence-electron chi connectivity index (χ3n) is 13.4. The van der Waals surface area contributed by atoms with E-state index in [4.69, 9.17) is 14.2 Å². The minimum atomic E-state index is -0.805. The van der Waals surface area contributed by atoms with E-state index in [1.54, 1.807) is 0 Å². The van der Waals surface area contributed by atoms with Crippen LogP contribution in [-0.4, -0.2) is 37.2 Å². The maximum atomic E-state index is 12.9. The van der Waals surface area contributed by atoms with Gasteiger partial charge in [0.05, 0.1) is 0 Å². The van der Waals surface area contributed by atoms with Crippen molar-refractivity contribution in [1.29, 1.82) is 0 Å². The quantitative estimate of drug-likeness (QED) is 0.0261. The number of esters is 3. The Kier molecular flexibility index (Phi) is 58.3. The summed E-state index contributed by atoms with van der Waals surface area (Å²) < 4.78 is 16.9. The standard InChI is InChI=1S/C67H116O6/c1-4-7-10-13-16-19-22-25-28-29-30-31-32-33-34-35-36-37-40-42-45-48-51-54-57-60-66(69)72-63-64(73-67(70)61-58-55-52-49-46-43-39-27-24-21-18-15-12-9-6-3)62-71-65(68)59-56-53-50-47-44-41-38-26-23-20-17-14-11-8-5-2/h9,12,17-18,20-21,26-27,29-30,38-39,46,49,64H,4-8,10-11,13-16,19,22-25,28,31-37,40-45,47-48,50-63H2,1-3H3/b12-9-,20-17-,21-18-,30-29-,38-26-,39-27-,49-46-. The predicted molar refractivity (Wildman–Crippen MR) is 316 cm³/mol. The second kappa shape index (κ2) is 61.1. The van der Waals surface area contributed by atoms with Gasteiger partial charge in [-0.3, -0.25) is 14.4 Å². The van der Waals surface area contributed by atoms with Crippen LogP contribution in [0.4, 0.5) is 0 Å². The lowest BCUT2D eigenvalue weighted by Crippen LogP contribution is -2.30. The van der Waals surface area contributed by atoms with Gasteiger partial charge in [0.1, 0.15) is 13.2 Å². The molecule has 0 aliphatic carbocycles. The van der Waals surface area contributed by atoms with E-state index in [1.807, 2.05) is 0 Å². The summed E-state index contributed by atoms with van der Waals surface area (Å²) in [6.07, 6.45) is 80.2. The number of ether oxygens (including phenoxy) is 3. The zero-order valence-electron chi connectivity index (χ0n) is 48.1. The molecule has 0 saturated heterocycles. The van der Waals surface area contributed by atoms with Gasteiger partial charge in [-0.25, -0.2) is 0 Å². The lowest BCUT2D eigenvalue weighted by Gasteiger charge is -2.18. The highest BCUT2D eigenvalue weighted by Gasteiger charge is 2.19. The maximum absolute atomic E-state index is 12.9. The van der Waals surface area contributed by atoms with Crippen LogP contribution in [-0.2, 0) is 28.6 Å². The number of rotatable bonds is 56. The Balaban J connectivity index is 4.33. The zero-order valence-corrected chi connectivity index (χ0v) is 48.1. The molecule has 0 rings (SSSR count). The van der Waals surface area contributed by atoms with Crippen LogP contribution >= 0.6 is 0 Å². The Morgan fingerprint density at radius 1 is 0.288 bits per heavy atom. The highest BCUT2D eigenvalue weighted by molar-refractivity contribution is 5.71. The van der Waals surface area contributed by atoms with Crippen molar-refractivity contribution in [3.63, 3.8) is 0 Å². The van der Waals surface area contributed by atoms with Crippen molar-refractivity contribution < 1.29 is 28.6 Å². The first-order chi connectivity index (χ1) is 36.0. The Bertz CT molecular complexity index is 1400. The van der Waals surface area contributed by atoms with Crippen molar-refractivity contribution in [2.75, 3.05) is 13.2 Å². The summed E-state index contributed by atoms with van der Waals surface area (Å²) in [6, 6.07) is 0. The molecule has 1 atom stereocenters. The van der Waals surface area contributed by atoms with Crippen LogP contribution in [0.1, 0.15) is 303 Å². The fraction of sp³-hybridized carbons (Fsp3) is 0.746. The summed E-state index contributed by atoms with van der Waals surface area (Å²) in [5, 5.41) is 0. The summed E-state index contributed by atoms with van der Waals surface area (Å²) in [5.74, 6) is -0.945. The van der Waals surface area contributed by atoms with E-state index in [1.165, 1.54) is 154 Å². The molecule has 0 aromatic carbocycles. The molecule has 0 spiro atoms. The number of unbranched alkanes of at least 4 members (excludes halogenated alkanes) is 31. The van der Waals surface area contributed by atoms with Gasteiger partial charge in [0.25, 0.3) is 0 Å². The van der Waals surface area contributed by atoms with E-state index >= 15 is 0 Å². The molecule has 0 aromatic rings. The third-order valence-corrected chi connectivity index (χ3v) is 13.4. The third kappa shape index (κ3) is 59.3. The lowest BCUT2D eigenvalue weighted by molar-refractivity contribution is -0.167. The molecule has 0 bridgehead atoms. The number of hydrogen-bond acceptors (Lipinski definition) is 6. The maximum Gasteiger partial charge on any atom is 0.306 e. The van der Waals surface area contributed by atoms with Crippen LogP contribution in [0.5, 0.6) is 0 Å². The summed E-state index contributed by atoms with van der Waals surface area (Å²) in [5.41, 5.74) is 0. The van der Waals surface area contributed by atoms with Crippen LogP contribution in [0, 0.1) is 0 Å². The first-order valence-corrected chi connectivity index (χ1v) is 31.1. The van der Waals surface area contributed by atoms with Gasteiger partial charge in [0.2, 0.25) is 0 Å². The molecule has 73 heavy (non-hydrogen) atoms. The lowest BCUT2D eigenvalue weighted by atomic mass is 10.0. The minimum absolute atomic E-state index is 0.0969. The van der Waals surface area contributed by atoms with Crippen molar-refractivity contribution in [1.82, 2.24) is 0 Å². The zero-order chi connectivity index (χ0) is 52.9. The molecular weight excluding hydrogens is 901 g/mol. The normalized spacial score (nSPS) is 12.6. The number of carbonyl (C=O) groups is 3. The molecule has 0 saturated carbocycles. The van der Waals surface area contributed by atoms with Crippen molar-refractivity contribution in [2.45, 2.75) is 309 Å². The van der Waals surface area contributed by atoms with E-state index in [0.29, 0.717) is 19.3 Å². The van der Waals surface area contributed by atoms with Gasteiger partial charge < -0.3 is 14.2 Å². The first kappa shape index (κ1) is 69.6. The van der Waals surface area contributed by atoms with Gasteiger partial charge in [0.15, 0.2) is 6.10 Å². The molecule has 0 aliphatic heterocycles. The van der Waals surface area contributed by atoms with Crippen LogP contribution in [0.3, 0.4) is 0 Å². The summed E-state index contributed by atoms with van der Waals surface area (Å²) in [7, 11) is 0. The average molecular weight is 1020 g/mol. The summed E-state index contributed by atoms with van der Waals surface area (Å²) in [6.45, 7) is 6.48. The van der Waals surface area contributed by atoms with Gasteiger partial charge in [-0.1, -0.05) is 254 Å². The predicted octanol–water partition coefficient (Wildman–Crippen LogP) is 21.1. The van der Waals surface area contributed by atoms with Crippen molar-refractivity contribution in [2.24, 2.45) is 0 Å². The van der Waals surface area contributed by atoms with Gasteiger partial charge in [-0.15, -0.1) is 0 Å². The van der Waals surface area contributed by atoms with E-state index in [-0.39, 0.29) is 37.5 Å². The fourth-order valence-corrected chi connectivity index (χ4v) is 8.69. The SMILES string of the molecule is CC/C=C\C/C=C\C/C=C\C/C=C\CCCCC(=O)OC(COC(=O)CCCCCCC/C=C\C/C=C\CCCCC)COC(=O)CCCCCCCCCCCCCCC/C=C\CCCCCCCCCC. The van der Waals surface area contributed by atoms with Crippen molar-refractivity contribution in [3.8, 4) is 0 Å². The largest absolute Gasteiger partial charge is 0.462 e. The average Bonchev–Trinajstić information content (AvgIpc) is 3.39. The monoisotopic (exact) mass is 1020 g/mol. The molecule has 0 amide bonds. The Hall–Kier alpha value is -3.41.